The molecule has 1 aromatic carbocycles. The lowest BCUT2D eigenvalue weighted by atomic mass is 10.1. The minimum absolute atomic E-state index is 0.171. The van der Waals surface area contributed by atoms with E-state index < -0.39 is 12.1 Å². The van der Waals surface area contributed by atoms with Gasteiger partial charge >= 0.3 is 0 Å². The Morgan fingerprint density at radius 2 is 1.00 bits per heavy atom. The van der Waals surface area contributed by atoms with Crippen LogP contribution in [-0.4, -0.2) is 105 Å². The van der Waals surface area contributed by atoms with Gasteiger partial charge in [0.1, 0.15) is 49.1 Å². The predicted octanol–water partition coefficient (Wildman–Crippen LogP) is 12.8. The van der Waals surface area contributed by atoms with Gasteiger partial charge in [-0.1, -0.05) is 159 Å². The number of rotatable bonds is 48. The van der Waals surface area contributed by atoms with Crippen molar-refractivity contribution in [3.63, 3.8) is 0 Å². The van der Waals surface area contributed by atoms with Gasteiger partial charge in [-0.15, -0.1) is 13.2 Å². The standard InChI is InChI=1S/C49H87NO8S2/c1-5-9-11-13-15-17-19-21-23-25-27-34-60-43-49(56-39-45(51)38-54-32-8-4)41-58-47-30-28-29-46(35-47)57-40-48(55-37-44(50-52)36-53-31-7-3)42-59-33-26-24-22-20-18-16-14-12-10-6-2/h7-8,28-30,35,44-45,48-49,51H,3-6,9-27,31-34,36-43H2,1-2H3. The van der Waals surface area contributed by atoms with Crippen LogP contribution in [0.15, 0.2) is 54.8 Å². The maximum absolute atomic E-state index is 11.5. The number of benzene rings is 1. The van der Waals surface area contributed by atoms with Crippen LogP contribution in [0.1, 0.15) is 149 Å². The zero-order chi connectivity index (χ0) is 43.4. The van der Waals surface area contributed by atoms with Gasteiger partial charge in [0, 0.05) is 17.6 Å². The van der Waals surface area contributed by atoms with Crippen LogP contribution in [-0.2, 0) is 18.9 Å². The molecule has 0 aliphatic carbocycles. The summed E-state index contributed by atoms with van der Waals surface area (Å²) >= 11 is 3.75. The topological polar surface area (TPSA) is 105 Å². The third-order valence-corrected chi connectivity index (χ3v) is 12.5. The number of unbranched alkanes of at least 4 members (excludes halogenated alkanes) is 19. The highest BCUT2D eigenvalue weighted by Gasteiger charge is 2.18. The largest absolute Gasteiger partial charge is 0.491 e. The summed E-state index contributed by atoms with van der Waals surface area (Å²) in [5, 5.41) is 13.6. The molecule has 0 saturated heterocycles. The van der Waals surface area contributed by atoms with Gasteiger partial charge in [0.25, 0.3) is 0 Å². The molecule has 0 fully saturated rings. The first-order chi connectivity index (χ1) is 29.6. The average Bonchev–Trinajstić information content (AvgIpc) is 3.26. The van der Waals surface area contributed by atoms with Crippen LogP contribution < -0.4 is 9.47 Å². The molecule has 0 bridgehead atoms. The van der Waals surface area contributed by atoms with E-state index >= 15 is 0 Å². The first-order valence-electron chi connectivity index (χ1n) is 23.7. The molecule has 4 atom stereocenters. The SMILES string of the molecule is C=CCOCC(O)COC(COc1cccc(OCC(CSCCCCCCCCCCCC)OCC(COCC=C)N=O)c1)CSCCCCCCCCCCCCC. The molecule has 0 aliphatic rings. The van der Waals surface area contributed by atoms with Gasteiger partial charge in [-0.2, -0.15) is 28.4 Å². The summed E-state index contributed by atoms with van der Waals surface area (Å²) in [6.45, 7) is 14.0. The Morgan fingerprint density at radius 3 is 1.43 bits per heavy atom. The van der Waals surface area contributed by atoms with Crippen molar-refractivity contribution in [2.75, 3.05) is 75.9 Å². The summed E-state index contributed by atoms with van der Waals surface area (Å²) in [6.07, 6.45) is 30.1. The highest BCUT2D eigenvalue weighted by Crippen LogP contribution is 2.22. The zero-order valence-corrected chi connectivity index (χ0v) is 39.7. The summed E-state index contributed by atoms with van der Waals surface area (Å²) in [6, 6.07) is 7.05. The quantitative estimate of drug-likeness (QED) is 0.0386. The van der Waals surface area contributed by atoms with E-state index in [1.807, 2.05) is 47.8 Å². The van der Waals surface area contributed by atoms with Gasteiger partial charge < -0.3 is 33.5 Å². The highest BCUT2D eigenvalue weighted by atomic mass is 32.2. The summed E-state index contributed by atoms with van der Waals surface area (Å²) in [7, 11) is 0. The molecule has 60 heavy (non-hydrogen) atoms. The van der Waals surface area contributed by atoms with E-state index in [9.17, 15) is 10.0 Å². The molecule has 1 rings (SSSR count). The third kappa shape index (κ3) is 35.9. The Hall–Kier alpha value is -1.60. The van der Waals surface area contributed by atoms with Crippen LogP contribution in [0.25, 0.3) is 0 Å². The molecule has 1 N–H and O–H groups in total. The second-order valence-corrected chi connectivity index (χ2v) is 18.2. The minimum Gasteiger partial charge on any atom is -0.491 e. The monoisotopic (exact) mass is 882 g/mol. The first kappa shape index (κ1) is 56.4. The van der Waals surface area contributed by atoms with Gasteiger partial charge in [0.15, 0.2) is 0 Å². The van der Waals surface area contributed by atoms with Crippen LogP contribution >= 0.6 is 23.5 Å². The van der Waals surface area contributed by atoms with Gasteiger partial charge in [-0.3, -0.25) is 0 Å². The smallest absolute Gasteiger partial charge is 0.138 e. The summed E-state index contributed by atoms with van der Waals surface area (Å²) < 4.78 is 35.8. The van der Waals surface area contributed by atoms with Gasteiger partial charge in [-0.05, 0) is 36.5 Å². The summed E-state index contributed by atoms with van der Waals surface area (Å²) in [4.78, 5) is 11.5. The van der Waals surface area contributed by atoms with Gasteiger partial charge in [0.05, 0.1) is 39.6 Å². The Morgan fingerprint density at radius 1 is 0.583 bits per heavy atom. The Kier molecular flexibility index (Phi) is 41.4. The van der Waals surface area contributed by atoms with E-state index in [1.165, 1.54) is 135 Å². The van der Waals surface area contributed by atoms with Gasteiger partial charge in [0.2, 0.25) is 0 Å². The van der Waals surface area contributed by atoms with Gasteiger partial charge in [-0.25, -0.2) is 0 Å². The Labute approximate surface area is 375 Å². The number of nitroso groups, excluding NO2 is 1. The van der Waals surface area contributed by atoms with Crippen molar-refractivity contribution in [1.29, 1.82) is 0 Å². The molecule has 0 amide bonds. The predicted molar refractivity (Wildman–Crippen MR) is 257 cm³/mol. The maximum Gasteiger partial charge on any atom is 0.138 e. The molecule has 0 aromatic heterocycles. The second-order valence-electron chi connectivity index (χ2n) is 15.9. The lowest BCUT2D eigenvalue weighted by molar-refractivity contribution is -0.0444. The number of hydrogen-bond donors (Lipinski definition) is 1. The van der Waals surface area contributed by atoms with E-state index in [2.05, 4.69) is 32.2 Å². The number of hydrogen-bond acceptors (Lipinski definition) is 11. The molecule has 11 heteroatoms. The first-order valence-corrected chi connectivity index (χ1v) is 26.0. The molecule has 0 spiro atoms. The fraction of sp³-hybridized carbons (Fsp3) is 0.796. The van der Waals surface area contributed by atoms with Crippen molar-refractivity contribution < 1.29 is 33.5 Å². The molecule has 0 heterocycles. The van der Waals surface area contributed by atoms with Crippen molar-refractivity contribution in [1.82, 2.24) is 0 Å². The molecule has 0 aliphatic heterocycles. The van der Waals surface area contributed by atoms with Crippen LogP contribution in [0.5, 0.6) is 11.5 Å². The van der Waals surface area contributed by atoms with E-state index in [0.29, 0.717) is 37.9 Å². The van der Waals surface area contributed by atoms with Crippen LogP contribution in [0.2, 0.25) is 0 Å². The maximum atomic E-state index is 11.5. The number of thioether (sulfide) groups is 2. The van der Waals surface area contributed by atoms with E-state index in [-0.39, 0.29) is 38.6 Å². The van der Waals surface area contributed by atoms with Crippen LogP contribution in [0.4, 0.5) is 0 Å². The molecule has 9 nitrogen and oxygen atoms in total. The zero-order valence-electron chi connectivity index (χ0n) is 38.1. The van der Waals surface area contributed by atoms with Crippen molar-refractivity contribution in [2.45, 2.75) is 173 Å². The summed E-state index contributed by atoms with van der Waals surface area (Å²) in [5.74, 6) is 5.04. The molecule has 348 valence electrons. The third-order valence-electron chi connectivity index (χ3n) is 10.1. The van der Waals surface area contributed by atoms with Crippen molar-refractivity contribution in [3.05, 3.63) is 54.5 Å². The molecular formula is C49H87NO8S2. The molecular weight excluding hydrogens is 795 g/mol. The lowest BCUT2D eigenvalue weighted by Gasteiger charge is -2.21. The molecule has 0 saturated carbocycles. The summed E-state index contributed by atoms with van der Waals surface area (Å²) in [5.41, 5.74) is 0. The van der Waals surface area contributed by atoms with E-state index in [4.69, 9.17) is 28.4 Å². The number of ether oxygens (including phenoxy) is 6. The van der Waals surface area contributed by atoms with Crippen molar-refractivity contribution >= 4 is 23.5 Å². The minimum atomic E-state index is -0.721. The molecule has 1 aromatic rings. The molecule has 0 radical (unpaired) electrons. The van der Waals surface area contributed by atoms with E-state index in [1.54, 1.807) is 12.2 Å². The fourth-order valence-electron chi connectivity index (χ4n) is 6.54. The fourth-order valence-corrected chi connectivity index (χ4v) is 8.60. The Balaban J connectivity index is 2.63. The number of nitrogens with zero attached hydrogens (tertiary/aromatic N) is 1. The van der Waals surface area contributed by atoms with Crippen molar-refractivity contribution in [2.24, 2.45) is 5.18 Å². The van der Waals surface area contributed by atoms with Crippen LogP contribution in [0.3, 0.4) is 0 Å². The van der Waals surface area contributed by atoms with Crippen molar-refractivity contribution in [3.8, 4) is 11.5 Å². The highest BCUT2D eigenvalue weighted by molar-refractivity contribution is 7.99. The molecule has 4 unspecified atom stereocenters. The number of aliphatic hydroxyl groups is 1. The second kappa shape index (κ2) is 44.0. The van der Waals surface area contributed by atoms with Crippen LogP contribution in [0, 0.1) is 4.91 Å². The number of aliphatic hydroxyl groups excluding tert-OH is 1. The lowest BCUT2D eigenvalue weighted by Crippen LogP contribution is -2.31. The average molecular weight is 882 g/mol. The Bertz CT molecular complexity index is 1100. The normalized spacial score (nSPS) is 13.4. The van der Waals surface area contributed by atoms with E-state index in [0.717, 1.165) is 23.0 Å².